The first kappa shape index (κ1) is 16.1. The molecule has 1 rings (SSSR count). The Labute approximate surface area is 126 Å². The summed E-state index contributed by atoms with van der Waals surface area (Å²) in [7, 11) is -3.40. The number of halogens is 2. The van der Waals surface area contributed by atoms with E-state index >= 15 is 0 Å². The first-order chi connectivity index (χ1) is 8.39. The van der Waals surface area contributed by atoms with Gasteiger partial charge in [-0.1, -0.05) is 31.9 Å². The summed E-state index contributed by atoms with van der Waals surface area (Å²) >= 11 is 6.64. The van der Waals surface area contributed by atoms with Gasteiger partial charge in [-0.25, -0.2) is 8.42 Å². The van der Waals surface area contributed by atoms with E-state index in [1.807, 2.05) is 13.8 Å². The lowest BCUT2D eigenvalue weighted by atomic mass is 10.4. The van der Waals surface area contributed by atoms with Crippen molar-refractivity contribution in [2.45, 2.75) is 31.2 Å². The number of sulfonamides is 1. The van der Waals surface area contributed by atoms with E-state index in [0.717, 1.165) is 16.2 Å². The fourth-order valence-electron chi connectivity index (χ4n) is 1.61. The Bertz CT molecular complexity index is 471. The topological polar surface area (TPSA) is 37.4 Å². The van der Waals surface area contributed by atoms with E-state index in [2.05, 4.69) is 31.9 Å². The number of rotatable bonds is 6. The maximum atomic E-state index is 12.5. The molecule has 1 aromatic rings. The van der Waals surface area contributed by atoms with Gasteiger partial charge in [0.15, 0.2) is 0 Å². The summed E-state index contributed by atoms with van der Waals surface area (Å²) in [6.07, 6.45) is 0.800. The average molecular weight is 399 g/mol. The largest absolute Gasteiger partial charge is 0.243 e. The van der Waals surface area contributed by atoms with E-state index < -0.39 is 10.0 Å². The molecule has 0 saturated carbocycles. The maximum absolute atomic E-state index is 12.5. The van der Waals surface area contributed by atoms with Gasteiger partial charge in [-0.3, -0.25) is 0 Å². The van der Waals surface area contributed by atoms with Crippen molar-refractivity contribution >= 4 is 41.9 Å². The zero-order valence-corrected chi connectivity index (χ0v) is 14.4. The van der Waals surface area contributed by atoms with E-state index in [9.17, 15) is 8.42 Å². The van der Waals surface area contributed by atoms with Gasteiger partial charge in [0.25, 0.3) is 0 Å². The van der Waals surface area contributed by atoms with Crippen molar-refractivity contribution in [2.75, 3.05) is 11.9 Å². The van der Waals surface area contributed by atoms with Crippen LogP contribution in [0.25, 0.3) is 0 Å². The first-order valence-corrected chi connectivity index (χ1v) is 9.08. The van der Waals surface area contributed by atoms with Crippen LogP contribution in [0.1, 0.15) is 20.3 Å². The van der Waals surface area contributed by atoms with Crippen molar-refractivity contribution in [1.29, 1.82) is 0 Å². The molecule has 3 nitrogen and oxygen atoms in total. The zero-order chi connectivity index (χ0) is 13.8. The molecule has 0 N–H and O–H groups in total. The Hall–Kier alpha value is 0.0900. The number of nitrogens with zero attached hydrogens (tertiary/aromatic N) is 1. The van der Waals surface area contributed by atoms with Crippen molar-refractivity contribution in [3.05, 3.63) is 28.7 Å². The molecule has 0 saturated heterocycles. The van der Waals surface area contributed by atoms with Gasteiger partial charge in [-0.15, -0.1) is 0 Å². The molecule has 6 heteroatoms. The molecule has 0 heterocycles. The van der Waals surface area contributed by atoms with Gasteiger partial charge < -0.3 is 0 Å². The van der Waals surface area contributed by atoms with Gasteiger partial charge in [0.05, 0.1) is 4.90 Å². The third kappa shape index (κ3) is 4.05. The molecule has 0 amide bonds. The smallest absolute Gasteiger partial charge is 0.207 e. The molecule has 0 radical (unpaired) electrons. The minimum atomic E-state index is -3.40. The molecule has 0 spiro atoms. The summed E-state index contributed by atoms with van der Waals surface area (Å²) in [5.74, 6) is 0. The van der Waals surface area contributed by atoms with Gasteiger partial charge in [-0.05, 0) is 44.5 Å². The summed E-state index contributed by atoms with van der Waals surface area (Å²) in [6, 6.07) is 6.70. The SMILES string of the molecule is CC(C)N(CCCBr)S(=O)(=O)c1ccc(Br)cc1. The molecule has 0 fully saturated rings. The average Bonchev–Trinajstić information content (AvgIpc) is 2.29. The van der Waals surface area contributed by atoms with E-state index in [0.29, 0.717) is 11.4 Å². The minimum Gasteiger partial charge on any atom is -0.207 e. The highest BCUT2D eigenvalue weighted by Crippen LogP contribution is 2.21. The zero-order valence-electron chi connectivity index (χ0n) is 10.4. The summed E-state index contributed by atoms with van der Waals surface area (Å²) in [5, 5.41) is 0.798. The maximum Gasteiger partial charge on any atom is 0.243 e. The highest BCUT2D eigenvalue weighted by atomic mass is 79.9. The molecule has 0 aromatic heterocycles. The Morgan fingerprint density at radius 1 is 1.22 bits per heavy atom. The molecular weight excluding hydrogens is 382 g/mol. The van der Waals surface area contributed by atoms with Crippen molar-refractivity contribution in [2.24, 2.45) is 0 Å². The van der Waals surface area contributed by atoms with Crippen molar-refractivity contribution in [3.8, 4) is 0 Å². The molecule has 0 aliphatic carbocycles. The van der Waals surface area contributed by atoms with Gasteiger partial charge >= 0.3 is 0 Å². The van der Waals surface area contributed by atoms with Gasteiger partial charge in [0.1, 0.15) is 0 Å². The van der Waals surface area contributed by atoms with Crippen LogP contribution in [0.4, 0.5) is 0 Å². The van der Waals surface area contributed by atoms with Gasteiger partial charge in [0.2, 0.25) is 10.0 Å². The number of hydrogen-bond donors (Lipinski definition) is 0. The first-order valence-electron chi connectivity index (χ1n) is 5.73. The van der Waals surface area contributed by atoms with Gasteiger partial charge in [-0.2, -0.15) is 4.31 Å². The second-order valence-corrected chi connectivity index (χ2v) is 7.81. The second kappa shape index (κ2) is 7.03. The highest BCUT2D eigenvalue weighted by Gasteiger charge is 2.26. The molecular formula is C12H17Br2NO2S. The Morgan fingerprint density at radius 2 is 1.78 bits per heavy atom. The minimum absolute atomic E-state index is 0.0438. The third-order valence-corrected chi connectivity index (χ3v) is 5.69. The predicted molar refractivity (Wildman–Crippen MR) is 81.6 cm³/mol. The quantitative estimate of drug-likeness (QED) is 0.686. The molecule has 0 aliphatic heterocycles. The molecule has 0 unspecified atom stereocenters. The fraction of sp³-hybridized carbons (Fsp3) is 0.500. The van der Waals surface area contributed by atoms with Crippen LogP contribution in [0.15, 0.2) is 33.6 Å². The van der Waals surface area contributed by atoms with Crippen LogP contribution in [0.5, 0.6) is 0 Å². The lowest BCUT2D eigenvalue weighted by molar-refractivity contribution is 0.355. The molecule has 0 bridgehead atoms. The Kier molecular flexibility index (Phi) is 6.30. The summed E-state index contributed by atoms with van der Waals surface area (Å²) in [6.45, 7) is 4.32. The van der Waals surface area contributed by atoms with E-state index in [-0.39, 0.29) is 6.04 Å². The molecule has 1 aromatic carbocycles. The van der Waals surface area contributed by atoms with Crippen LogP contribution in [0.3, 0.4) is 0 Å². The van der Waals surface area contributed by atoms with Crippen molar-refractivity contribution in [1.82, 2.24) is 4.31 Å². The van der Waals surface area contributed by atoms with Crippen LogP contribution >= 0.6 is 31.9 Å². The summed E-state index contributed by atoms with van der Waals surface area (Å²) < 4.78 is 27.4. The summed E-state index contributed by atoms with van der Waals surface area (Å²) in [5.41, 5.74) is 0. The van der Waals surface area contributed by atoms with E-state index in [1.165, 1.54) is 4.31 Å². The molecule has 102 valence electrons. The number of alkyl halides is 1. The van der Waals surface area contributed by atoms with Crippen molar-refractivity contribution in [3.63, 3.8) is 0 Å². The van der Waals surface area contributed by atoms with Crippen LogP contribution < -0.4 is 0 Å². The van der Waals surface area contributed by atoms with E-state index in [1.54, 1.807) is 24.3 Å². The third-order valence-electron chi connectivity index (χ3n) is 2.51. The standard InChI is InChI=1S/C12H17Br2NO2S/c1-10(2)15(9-3-8-13)18(16,17)12-6-4-11(14)5-7-12/h4-7,10H,3,8-9H2,1-2H3. The molecule has 0 atom stereocenters. The van der Waals surface area contributed by atoms with Crippen LogP contribution in [-0.2, 0) is 10.0 Å². The van der Waals surface area contributed by atoms with Crippen LogP contribution in [0.2, 0.25) is 0 Å². The van der Waals surface area contributed by atoms with Gasteiger partial charge in [0, 0.05) is 22.4 Å². The lowest BCUT2D eigenvalue weighted by Gasteiger charge is -2.25. The molecule has 18 heavy (non-hydrogen) atoms. The molecule has 0 aliphatic rings. The Balaban J connectivity index is 3.05. The van der Waals surface area contributed by atoms with E-state index in [4.69, 9.17) is 0 Å². The normalized spacial score (nSPS) is 12.3. The van der Waals surface area contributed by atoms with Crippen LogP contribution in [0, 0.1) is 0 Å². The Morgan fingerprint density at radius 3 is 2.22 bits per heavy atom. The van der Waals surface area contributed by atoms with Crippen LogP contribution in [-0.4, -0.2) is 30.6 Å². The summed E-state index contributed by atoms with van der Waals surface area (Å²) in [4.78, 5) is 0.342. The fourth-order valence-corrected chi connectivity index (χ4v) is 3.80. The van der Waals surface area contributed by atoms with Crippen molar-refractivity contribution < 1.29 is 8.42 Å². The number of hydrogen-bond acceptors (Lipinski definition) is 2. The second-order valence-electron chi connectivity index (χ2n) is 4.21. The monoisotopic (exact) mass is 397 g/mol. The number of benzene rings is 1. The highest BCUT2D eigenvalue weighted by molar-refractivity contribution is 9.10. The predicted octanol–water partition coefficient (Wildman–Crippen LogP) is 3.63. The lowest BCUT2D eigenvalue weighted by Crippen LogP contribution is -2.37.